The van der Waals surface area contributed by atoms with Gasteiger partial charge in [0.2, 0.25) is 0 Å². The van der Waals surface area contributed by atoms with Crippen LogP contribution in [0.15, 0.2) is 30.3 Å². The lowest BCUT2D eigenvalue weighted by molar-refractivity contribution is -0.124. The first-order valence-corrected chi connectivity index (χ1v) is 5.18. The molecule has 0 spiro atoms. The van der Waals surface area contributed by atoms with Crippen LogP contribution in [0.4, 0.5) is 0 Å². The van der Waals surface area contributed by atoms with Crippen LogP contribution in [0.3, 0.4) is 0 Å². The summed E-state index contributed by atoms with van der Waals surface area (Å²) in [4.78, 5) is 11.7. The number of Topliss-reactive ketones (excluding diaryl/α,β-unsaturated/α-hetero) is 1. The van der Waals surface area contributed by atoms with E-state index < -0.39 is 0 Å². The van der Waals surface area contributed by atoms with E-state index in [9.17, 15) is 4.79 Å². The fourth-order valence-electron chi connectivity index (χ4n) is 2.26. The molecule has 1 heteroatoms. The Balaban J connectivity index is 2.21. The maximum atomic E-state index is 11.7. The van der Waals surface area contributed by atoms with Gasteiger partial charge >= 0.3 is 0 Å². The highest BCUT2D eigenvalue weighted by molar-refractivity contribution is 5.87. The Morgan fingerprint density at radius 1 is 1.21 bits per heavy atom. The van der Waals surface area contributed by atoms with Crippen LogP contribution in [0.2, 0.25) is 0 Å². The lowest BCUT2D eigenvalue weighted by Crippen LogP contribution is -2.15. The molecule has 0 unspecified atom stereocenters. The van der Waals surface area contributed by atoms with Crippen molar-refractivity contribution >= 4 is 5.78 Å². The van der Waals surface area contributed by atoms with Gasteiger partial charge in [0.25, 0.3) is 0 Å². The maximum Gasteiger partial charge on any atom is 0.139 e. The van der Waals surface area contributed by atoms with Crippen LogP contribution >= 0.6 is 0 Å². The summed E-state index contributed by atoms with van der Waals surface area (Å²) in [6.07, 6.45) is 1.72. The highest BCUT2D eigenvalue weighted by Crippen LogP contribution is 2.43. The average Bonchev–Trinajstić information content (AvgIpc) is 2.43. The maximum absolute atomic E-state index is 11.7. The summed E-state index contributed by atoms with van der Waals surface area (Å²) < 4.78 is 0. The van der Waals surface area contributed by atoms with Gasteiger partial charge in [0.15, 0.2) is 0 Å². The zero-order valence-corrected chi connectivity index (χ0v) is 8.79. The molecule has 0 saturated heterocycles. The van der Waals surface area contributed by atoms with Crippen molar-refractivity contribution in [2.45, 2.75) is 32.6 Å². The fourth-order valence-corrected chi connectivity index (χ4v) is 2.26. The van der Waals surface area contributed by atoms with E-state index in [1.807, 2.05) is 18.2 Å². The van der Waals surface area contributed by atoms with Crippen LogP contribution in [0.1, 0.15) is 38.2 Å². The molecule has 0 aromatic heterocycles. The Morgan fingerprint density at radius 3 is 2.36 bits per heavy atom. The smallest absolute Gasteiger partial charge is 0.139 e. The molecule has 1 atom stereocenters. The highest BCUT2D eigenvalue weighted by atomic mass is 16.1. The molecule has 0 N–H and O–H groups in total. The largest absolute Gasteiger partial charge is 0.299 e. The number of ketones is 1. The van der Waals surface area contributed by atoms with Gasteiger partial charge in [-0.2, -0.15) is 0 Å². The van der Waals surface area contributed by atoms with Crippen molar-refractivity contribution in [1.82, 2.24) is 0 Å². The van der Waals surface area contributed by atoms with Crippen LogP contribution in [0.25, 0.3) is 0 Å². The van der Waals surface area contributed by atoms with Crippen molar-refractivity contribution in [1.29, 1.82) is 0 Å². The van der Waals surface area contributed by atoms with Gasteiger partial charge in [0, 0.05) is 11.8 Å². The molecule has 1 aliphatic carbocycles. The molecule has 1 saturated carbocycles. The third kappa shape index (κ3) is 1.59. The molecular formula is C13H16O. The Hall–Kier alpha value is -1.11. The monoisotopic (exact) mass is 188 g/mol. The van der Waals surface area contributed by atoms with Gasteiger partial charge in [0.05, 0.1) is 0 Å². The molecule has 1 aromatic rings. The summed E-state index contributed by atoms with van der Waals surface area (Å²) in [5, 5.41) is 0. The summed E-state index contributed by atoms with van der Waals surface area (Å²) in [6, 6.07) is 10.4. The van der Waals surface area contributed by atoms with E-state index in [1.54, 1.807) is 0 Å². The van der Waals surface area contributed by atoms with Crippen molar-refractivity contribution in [3.63, 3.8) is 0 Å². The van der Waals surface area contributed by atoms with E-state index in [2.05, 4.69) is 26.0 Å². The second kappa shape index (κ2) is 3.23. The van der Waals surface area contributed by atoms with E-state index in [0.717, 1.165) is 12.8 Å². The zero-order chi connectivity index (χ0) is 10.2. The molecule has 0 amide bonds. The van der Waals surface area contributed by atoms with Crippen molar-refractivity contribution in [2.24, 2.45) is 5.41 Å². The van der Waals surface area contributed by atoms with Gasteiger partial charge in [-0.05, 0) is 17.9 Å². The lowest BCUT2D eigenvalue weighted by Gasteiger charge is -2.15. The molecule has 0 bridgehead atoms. The Bertz CT molecular complexity index is 338. The molecule has 0 radical (unpaired) electrons. The standard InChI is InChI=1S/C13H16O/c1-13(2)9-11(8-12(13)14)10-6-4-3-5-7-10/h3-7,11H,8-9H2,1-2H3/t11-/m1/s1. The molecule has 1 aromatic carbocycles. The average molecular weight is 188 g/mol. The second-order valence-corrected chi connectivity index (χ2v) is 4.82. The Morgan fingerprint density at radius 2 is 1.86 bits per heavy atom. The van der Waals surface area contributed by atoms with Gasteiger partial charge in [-0.3, -0.25) is 4.79 Å². The summed E-state index contributed by atoms with van der Waals surface area (Å²) in [5.41, 5.74) is 1.20. The van der Waals surface area contributed by atoms with Gasteiger partial charge < -0.3 is 0 Å². The van der Waals surface area contributed by atoms with Gasteiger partial charge in [-0.1, -0.05) is 44.2 Å². The first kappa shape index (κ1) is 9.45. The van der Waals surface area contributed by atoms with Crippen molar-refractivity contribution in [2.75, 3.05) is 0 Å². The van der Waals surface area contributed by atoms with Gasteiger partial charge in [0.1, 0.15) is 5.78 Å². The first-order valence-electron chi connectivity index (χ1n) is 5.18. The summed E-state index contributed by atoms with van der Waals surface area (Å²) in [5.74, 6) is 0.852. The normalized spacial score (nSPS) is 25.3. The molecule has 14 heavy (non-hydrogen) atoms. The van der Waals surface area contributed by atoms with Crippen molar-refractivity contribution < 1.29 is 4.79 Å². The van der Waals surface area contributed by atoms with E-state index in [4.69, 9.17) is 0 Å². The van der Waals surface area contributed by atoms with E-state index in [-0.39, 0.29) is 5.41 Å². The molecular weight excluding hydrogens is 172 g/mol. The predicted molar refractivity (Wildman–Crippen MR) is 57.2 cm³/mol. The van der Waals surface area contributed by atoms with E-state index in [0.29, 0.717) is 11.7 Å². The number of carbonyl (C=O) groups excluding carboxylic acids is 1. The number of hydrogen-bond acceptors (Lipinski definition) is 1. The summed E-state index contributed by atoms with van der Waals surface area (Å²) in [6.45, 7) is 4.11. The topological polar surface area (TPSA) is 17.1 Å². The summed E-state index contributed by atoms with van der Waals surface area (Å²) >= 11 is 0. The van der Waals surface area contributed by atoms with Crippen LogP contribution < -0.4 is 0 Å². The molecule has 1 fully saturated rings. The Labute approximate surface area is 85.1 Å². The number of benzene rings is 1. The zero-order valence-electron chi connectivity index (χ0n) is 8.79. The quantitative estimate of drug-likeness (QED) is 0.661. The van der Waals surface area contributed by atoms with Crippen LogP contribution in [-0.2, 0) is 4.79 Å². The van der Waals surface area contributed by atoms with Crippen LogP contribution in [0, 0.1) is 5.41 Å². The first-order chi connectivity index (χ1) is 6.59. The third-order valence-corrected chi connectivity index (χ3v) is 3.21. The molecule has 1 nitrogen and oxygen atoms in total. The van der Waals surface area contributed by atoms with Crippen LogP contribution in [-0.4, -0.2) is 5.78 Å². The molecule has 0 heterocycles. The molecule has 0 aliphatic heterocycles. The number of rotatable bonds is 1. The SMILES string of the molecule is CC1(C)C[C@H](c2ccccc2)CC1=O. The van der Waals surface area contributed by atoms with E-state index >= 15 is 0 Å². The summed E-state index contributed by atoms with van der Waals surface area (Å²) in [7, 11) is 0. The number of hydrogen-bond donors (Lipinski definition) is 0. The molecule has 1 aliphatic rings. The minimum Gasteiger partial charge on any atom is -0.299 e. The minimum absolute atomic E-state index is 0.111. The Kier molecular flexibility index (Phi) is 2.18. The van der Waals surface area contributed by atoms with Gasteiger partial charge in [-0.15, -0.1) is 0 Å². The second-order valence-electron chi connectivity index (χ2n) is 4.82. The predicted octanol–water partition coefficient (Wildman–Crippen LogP) is 3.16. The van der Waals surface area contributed by atoms with Crippen molar-refractivity contribution in [3.8, 4) is 0 Å². The van der Waals surface area contributed by atoms with Crippen molar-refractivity contribution in [3.05, 3.63) is 35.9 Å². The minimum atomic E-state index is -0.111. The third-order valence-electron chi connectivity index (χ3n) is 3.21. The lowest BCUT2D eigenvalue weighted by atomic mass is 9.88. The molecule has 2 rings (SSSR count). The van der Waals surface area contributed by atoms with Gasteiger partial charge in [-0.25, -0.2) is 0 Å². The molecule has 74 valence electrons. The van der Waals surface area contributed by atoms with E-state index in [1.165, 1.54) is 5.56 Å². The number of carbonyl (C=O) groups is 1. The fraction of sp³-hybridized carbons (Fsp3) is 0.462. The van der Waals surface area contributed by atoms with Crippen LogP contribution in [0.5, 0.6) is 0 Å². The highest BCUT2D eigenvalue weighted by Gasteiger charge is 2.39.